The second-order valence-electron chi connectivity index (χ2n) is 6.76. The predicted molar refractivity (Wildman–Crippen MR) is 126 cm³/mol. The molecule has 4 N–H and O–H groups in total. The summed E-state index contributed by atoms with van der Waals surface area (Å²) >= 11 is 5.88. The summed E-state index contributed by atoms with van der Waals surface area (Å²) in [4.78, 5) is 9.10. The van der Waals surface area contributed by atoms with E-state index in [0.29, 0.717) is 40.6 Å². The number of halogens is 1. The van der Waals surface area contributed by atoms with Crippen LogP contribution in [0.15, 0.2) is 77.7 Å². The Morgan fingerprint density at radius 1 is 0.875 bits per heavy atom. The van der Waals surface area contributed by atoms with Crippen LogP contribution >= 0.6 is 11.6 Å². The number of anilines is 3. The number of nitrogens with one attached hydrogen (secondary N) is 2. The summed E-state index contributed by atoms with van der Waals surface area (Å²) in [5, 5.41) is 3.57. The number of hydrogen-bond donors (Lipinski definition) is 3. The number of nitrogens with two attached hydrogens (primary N) is 1. The van der Waals surface area contributed by atoms with Gasteiger partial charge in [-0.15, -0.1) is 0 Å². The summed E-state index contributed by atoms with van der Waals surface area (Å²) in [5.41, 5.74) is 7.31. The van der Waals surface area contributed by atoms with E-state index < -0.39 is 10.0 Å². The molecule has 0 spiro atoms. The molecule has 4 aromatic rings. The molecule has 10 heteroatoms. The highest BCUT2D eigenvalue weighted by Gasteiger charge is 2.19. The van der Waals surface area contributed by atoms with Crippen LogP contribution in [0.3, 0.4) is 0 Å². The number of aromatic nitrogens is 2. The average Bonchev–Trinajstić information content (AvgIpc) is 2.79. The zero-order valence-electron chi connectivity index (χ0n) is 16.8. The van der Waals surface area contributed by atoms with E-state index in [1.165, 1.54) is 24.3 Å². The van der Waals surface area contributed by atoms with Crippen LogP contribution < -0.4 is 20.5 Å². The molecule has 0 aliphatic heterocycles. The van der Waals surface area contributed by atoms with Crippen LogP contribution in [0, 0.1) is 0 Å². The maximum Gasteiger partial charge on any atom is 0.263 e. The minimum absolute atomic E-state index is 0.0595. The molecular formula is C22H20ClN5O3S. The molecule has 32 heavy (non-hydrogen) atoms. The molecule has 8 nitrogen and oxygen atoms in total. The first kappa shape index (κ1) is 21.8. The molecule has 0 fully saturated rings. The Bertz CT molecular complexity index is 1330. The summed E-state index contributed by atoms with van der Waals surface area (Å²) in [6, 6.07) is 20.2. The van der Waals surface area contributed by atoms with Crippen molar-refractivity contribution in [3.8, 4) is 5.75 Å². The summed E-state index contributed by atoms with van der Waals surface area (Å²) in [6.07, 6.45) is 0. The van der Waals surface area contributed by atoms with Gasteiger partial charge >= 0.3 is 0 Å². The van der Waals surface area contributed by atoms with Crippen molar-refractivity contribution in [2.75, 3.05) is 23.2 Å². The highest BCUT2D eigenvalue weighted by atomic mass is 35.5. The first-order valence-corrected chi connectivity index (χ1v) is 11.6. The first-order chi connectivity index (χ1) is 15.4. The molecule has 0 unspecified atom stereocenters. The SMILES string of the molecule is NCCOc1ccc(Nc2nc3ccccc3nc2NS(=O)(=O)c2ccc(Cl)cc2)cc1. The van der Waals surface area contributed by atoms with Crippen molar-refractivity contribution < 1.29 is 13.2 Å². The zero-order valence-corrected chi connectivity index (χ0v) is 18.4. The van der Waals surface area contributed by atoms with Crippen molar-refractivity contribution in [3.05, 3.63) is 77.8 Å². The van der Waals surface area contributed by atoms with E-state index in [9.17, 15) is 8.42 Å². The Balaban J connectivity index is 1.68. The van der Waals surface area contributed by atoms with Gasteiger partial charge in [-0.2, -0.15) is 0 Å². The van der Waals surface area contributed by atoms with E-state index in [0.717, 1.165) is 0 Å². The van der Waals surface area contributed by atoms with Crippen molar-refractivity contribution in [1.29, 1.82) is 0 Å². The van der Waals surface area contributed by atoms with Gasteiger partial charge < -0.3 is 15.8 Å². The Labute approximate surface area is 190 Å². The Morgan fingerprint density at radius 3 is 2.12 bits per heavy atom. The molecule has 0 aliphatic carbocycles. The molecule has 0 saturated carbocycles. The van der Waals surface area contributed by atoms with Crippen molar-refractivity contribution in [2.24, 2.45) is 5.73 Å². The van der Waals surface area contributed by atoms with Gasteiger partial charge in [0.2, 0.25) is 0 Å². The van der Waals surface area contributed by atoms with E-state index in [4.69, 9.17) is 22.1 Å². The van der Waals surface area contributed by atoms with Gasteiger partial charge in [0.15, 0.2) is 11.6 Å². The van der Waals surface area contributed by atoms with Crippen molar-refractivity contribution in [3.63, 3.8) is 0 Å². The van der Waals surface area contributed by atoms with Crippen LogP contribution in [0.4, 0.5) is 17.3 Å². The van der Waals surface area contributed by atoms with E-state index in [2.05, 4.69) is 20.0 Å². The minimum Gasteiger partial charge on any atom is -0.492 e. The van der Waals surface area contributed by atoms with E-state index in [1.807, 2.05) is 12.1 Å². The fourth-order valence-corrected chi connectivity index (χ4v) is 4.04. The van der Waals surface area contributed by atoms with Crippen molar-refractivity contribution >= 4 is 50.0 Å². The van der Waals surface area contributed by atoms with Crippen LogP contribution in [-0.4, -0.2) is 31.5 Å². The van der Waals surface area contributed by atoms with Gasteiger partial charge in [-0.3, -0.25) is 4.72 Å². The standard InChI is InChI=1S/C22H20ClN5O3S/c23-15-5-11-18(12-6-15)32(29,30)28-22-21(26-19-3-1-2-4-20(19)27-22)25-16-7-9-17(10-8-16)31-14-13-24/h1-12H,13-14,24H2,(H,25,26)(H,27,28). The largest absolute Gasteiger partial charge is 0.492 e. The van der Waals surface area contributed by atoms with Crippen molar-refractivity contribution in [1.82, 2.24) is 9.97 Å². The normalized spacial score (nSPS) is 11.3. The molecule has 0 saturated heterocycles. The molecule has 1 heterocycles. The lowest BCUT2D eigenvalue weighted by Crippen LogP contribution is -2.16. The Morgan fingerprint density at radius 2 is 1.50 bits per heavy atom. The number of nitrogens with zero attached hydrogens (tertiary/aromatic N) is 2. The molecule has 3 aromatic carbocycles. The number of hydrogen-bond acceptors (Lipinski definition) is 7. The second kappa shape index (κ2) is 9.39. The summed E-state index contributed by atoms with van der Waals surface area (Å²) < 4.78 is 33.9. The maximum absolute atomic E-state index is 12.9. The molecule has 4 rings (SSSR count). The summed E-state index contributed by atoms with van der Waals surface area (Å²) in [5.74, 6) is 1.01. The lowest BCUT2D eigenvalue weighted by molar-refractivity contribution is 0.328. The number of fused-ring (bicyclic) bond motifs is 1. The molecule has 0 bridgehead atoms. The highest BCUT2D eigenvalue weighted by Crippen LogP contribution is 2.28. The number of benzene rings is 3. The quantitative estimate of drug-likeness (QED) is 0.354. The van der Waals surface area contributed by atoms with Crippen molar-refractivity contribution in [2.45, 2.75) is 4.90 Å². The zero-order chi connectivity index (χ0) is 22.6. The molecule has 0 atom stereocenters. The topological polar surface area (TPSA) is 119 Å². The molecule has 0 aliphatic rings. The maximum atomic E-state index is 12.9. The van der Waals surface area contributed by atoms with E-state index in [-0.39, 0.29) is 16.5 Å². The van der Waals surface area contributed by atoms with E-state index >= 15 is 0 Å². The van der Waals surface area contributed by atoms with Gasteiger partial charge in [-0.05, 0) is 60.7 Å². The fourth-order valence-electron chi connectivity index (χ4n) is 2.91. The van der Waals surface area contributed by atoms with Gasteiger partial charge in [0.25, 0.3) is 10.0 Å². The number of rotatable bonds is 8. The highest BCUT2D eigenvalue weighted by molar-refractivity contribution is 7.92. The van der Waals surface area contributed by atoms with Crippen LogP contribution in [0.25, 0.3) is 11.0 Å². The predicted octanol–water partition coefficient (Wildman–Crippen LogP) is 4.17. The van der Waals surface area contributed by atoms with E-state index in [1.54, 1.807) is 36.4 Å². The van der Waals surface area contributed by atoms with Crippen LogP contribution in [-0.2, 0) is 10.0 Å². The smallest absolute Gasteiger partial charge is 0.263 e. The van der Waals surface area contributed by atoms with Crippen LogP contribution in [0.1, 0.15) is 0 Å². The fraction of sp³-hybridized carbons (Fsp3) is 0.0909. The first-order valence-electron chi connectivity index (χ1n) is 9.70. The lowest BCUT2D eigenvalue weighted by Gasteiger charge is -2.14. The molecule has 0 amide bonds. The van der Waals surface area contributed by atoms with Gasteiger partial charge in [-0.25, -0.2) is 18.4 Å². The third kappa shape index (κ3) is 5.08. The third-order valence-corrected chi connectivity index (χ3v) is 6.04. The molecule has 164 valence electrons. The van der Waals surface area contributed by atoms with Gasteiger partial charge in [-0.1, -0.05) is 23.7 Å². The minimum atomic E-state index is -3.91. The number of ether oxygens (including phenoxy) is 1. The number of para-hydroxylation sites is 2. The van der Waals surface area contributed by atoms with Crippen LogP contribution in [0.2, 0.25) is 5.02 Å². The second-order valence-corrected chi connectivity index (χ2v) is 8.87. The lowest BCUT2D eigenvalue weighted by atomic mass is 10.3. The third-order valence-electron chi connectivity index (χ3n) is 4.43. The Hall–Kier alpha value is -3.40. The van der Waals surface area contributed by atoms with Gasteiger partial charge in [0, 0.05) is 17.3 Å². The molecule has 0 radical (unpaired) electrons. The monoisotopic (exact) mass is 469 g/mol. The number of sulfonamides is 1. The molecular weight excluding hydrogens is 450 g/mol. The average molecular weight is 470 g/mol. The van der Waals surface area contributed by atoms with Crippen LogP contribution in [0.5, 0.6) is 5.75 Å². The Kier molecular flexibility index (Phi) is 6.40. The summed E-state index contributed by atoms with van der Waals surface area (Å²) in [7, 11) is -3.91. The molecule has 1 aromatic heterocycles. The van der Waals surface area contributed by atoms with Gasteiger partial charge in [0.1, 0.15) is 12.4 Å². The summed E-state index contributed by atoms with van der Waals surface area (Å²) in [6.45, 7) is 0.837. The van der Waals surface area contributed by atoms with Gasteiger partial charge in [0.05, 0.1) is 15.9 Å².